The van der Waals surface area contributed by atoms with Crippen LogP contribution in [0.5, 0.6) is 0 Å². The lowest BCUT2D eigenvalue weighted by molar-refractivity contribution is -0.167. The minimum Gasteiger partial charge on any atom is -0.462 e. The Morgan fingerprint density at radius 1 is 0.263 bits per heavy atom. The molecule has 0 aromatic carbocycles. The first-order chi connectivity index (χ1) is 39.5. The highest BCUT2D eigenvalue weighted by Gasteiger charge is 2.19. The average Bonchev–Trinajstić information content (AvgIpc) is 3.46. The first-order valence-corrected chi connectivity index (χ1v) is 34.2. The van der Waals surface area contributed by atoms with Crippen LogP contribution >= 0.6 is 0 Å². The van der Waals surface area contributed by atoms with Crippen LogP contribution in [0.1, 0.15) is 335 Å². The van der Waals surface area contributed by atoms with Crippen molar-refractivity contribution < 1.29 is 28.6 Å². The van der Waals surface area contributed by atoms with Gasteiger partial charge in [-0.05, 0) is 122 Å². The molecule has 0 saturated carbocycles. The van der Waals surface area contributed by atoms with Crippen LogP contribution in [0, 0.1) is 0 Å². The number of unbranched alkanes of at least 4 members (excludes halogenated alkanes) is 35. The summed E-state index contributed by atoms with van der Waals surface area (Å²) in [5, 5.41) is 0. The summed E-state index contributed by atoms with van der Waals surface area (Å²) >= 11 is 0. The topological polar surface area (TPSA) is 78.9 Å². The van der Waals surface area contributed by atoms with Gasteiger partial charge in [0.25, 0.3) is 0 Å². The van der Waals surface area contributed by atoms with Crippen molar-refractivity contribution in [2.24, 2.45) is 0 Å². The summed E-state index contributed by atoms with van der Waals surface area (Å²) in [6.07, 6.45) is 91.4. The van der Waals surface area contributed by atoms with Crippen LogP contribution in [0.2, 0.25) is 0 Å². The fraction of sp³-hybridized carbons (Fsp3) is 0.743. The largest absolute Gasteiger partial charge is 0.462 e. The molecule has 0 aliphatic carbocycles. The highest BCUT2D eigenvalue weighted by atomic mass is 16.6. The zero-order valence-corrected chi connectivity index (χ0v) is 52.8. The molecule has 0 aliphatic rings. The molecule has 0 aromatic rings. The Balaban J connectivity index is 4.29. The zero-order chi connectivity index (χ0) is 57.8. The fourth-order valence-electron chi connectivity index (χ4n) is 9.67. The van der Waals surface area contributed by atoms with E-state index < -0.39 is 6.10 Å². The maximum atomic E-state index is 12.9. The van der Waals surface area contributed by atoms with Crippen LogP contribution < -0.4 is 0 Å². The smallest absolute Gasteiger partial charge is 0.306 e. The molecule has 0 rings (SSSR count). The van der Waals surface area contributed by atoms with E-state index in [9.17, 15) is 14.4 Å². The molecule has 6 heteroatoms. The van der Waals surface area contributed by atoms with E-state index in [1.807, 2.05) is 0 Å². The van der Waals surface area contributed by atoms with E-state index in [1.54, 1.807) is 0 Å². The molecule has 0 fully saturated rings. The van der Waals surface area contributed by atoms with Gasteiger partial charge in [0.2, 0.25) is 0 Å². The number of esters is 3. The maximum absolute atomic E-state index is 12.9. The second-order valence-corrected chi connectivity index (χ2v) is 22.7. The Morgan fingerprint density at radius 2 is 0.487 bits per heavy atom. The highest BCUT2D eigenvalue weighted by Crippen LogP contribution is 2.17. The summed E-state index contributed by atoms with van der Waals surface area (Å²) in [5.74, 6) is -0.916. The molecule has 1 atom stereocenters. The molecule has 0 bridgehead atoms. The number of allylic oxidation sites excluding steroid dienone is 16. The molecule has 0 aromatic heterocycles. The zero-order valence-electron chi connectivity index (χ0n) is 52.8. The lowest BCUT2D eigenvalue weighted by atomic mass is 10.0. The monoisotopic (exact) mass is 1110 g/mol. The van der Waals surface area contributed by atoms with Gasteiger partial charge in [-0.1, -0.05) is 291 Å². The first kappa shape index (κ1) is 76.3. The summed E-state index contributed by atoms with van der Waals surface area (Å²) in [7, 11) is 0. The first-order valence-electron chi connectivity index (χ1n) is 34.2. The summed E-state index contributed by atoms with van der Waals surface area (Å²) < 4.78 is 16.9. The second kappa shape index (κ2) is 67.8. The SMILES string of the molecule is CC/C=C\C/C=C\C/C=C\C/C=C\CCCCCCC(=O)OC(COC(=O)CCCCCCC/C=C\C/C=C\CCCCCC)COC(=O)CCCCCCCCCCCCCCCCCCC/C=C\C/C=C\CCCCCCC. The van der Waals surface area contributed by atoms with Gasteiger partial charge < -0.3 is 14.2 Å². The molecular weight excluding hydrogens is 985 g/mol. The fourth-order valence-corrected chi connectivity index (χ4v) is 9.67. The standard InChI is InChI=1S/C74H128O6/c1-4-7-10-13-16-19-22-25-28-31-32-33-34-35-36-37-38-39-40-41-42-44-46-49-52-55-58-61-64-67-73(76)79-70-71(69-78-72(75)66-63-60-57-54-51-48-45-30-27-24-21-18-15-12-9-6-3)80-74(77)68-65-62-59-56-53-50-47-43-29-26-23-20-17-14-11-8-5-2/h8,11,17,20-22,24-26,29-32,45,47,50,71H,4-7,9-10,12-16,18-19,23,27-28,33-44,46,48-49,51-70H2,1-3H3/b11-8-,20-17-,24-21-,25-22-,29-26-,32-31-,45-30-,50-47-. The molecule has 0 N–H and O–H groups in total. The van der Waals surface area contributed by atoms with Crippen LogP contribution in [0.4, 0.5) is 0 Å². The lowest BCUT2D eigenvalue weighted by Crippen LogP contribution is -2.30. The van der Waals surface area contributed by atoms with Crippen molar-refractivity contribution in [3.05, 3.63) is 97.2 Å². The van der Waals surface area contributed by atoms with Crippen LogP contribution in [0.15, 0.2) is 97.2 Å². The summed E-state index contributed by atoms with van der Waals surface area (Å²) in [6.45, 7) is 6.50. The van der Waals surface area contributed by atoms with Crippen molar-refractivity contribution in [2.45, 2.75) is 341 Å². The molecule has 0 spiro atoms. The molecule has 0 aliphatic heterocycles. The van der Waals surface area contributed by atoms with E-state index in [0.29, 0.717) is 19.3 Å². The van der Waals surface area contributed by atoms with E-state index >= 15 is 0 Å². The molecular formula is C74H128O6. The molecule has 80 heavy (non-hydrogen) atoms. The Hall–Kier alpha value is -3.67. The summed E-state index contributed by atoms with van der Waals surface area (Å²) in [4.78, 5) is 38.4. The second-order valence-electron chi connectivity index (χ2n) is 22.7. The quantitative estimate of drug-likeness (QED) is 0.0261. The Bertz CT molecular complexity index is 1560. The van der Waals surface area contributed by atoms with Crippen molar-refractivity contribution in [3.63, 3.8) is 0 Å². The van der Waals surface area contributed by atoms with Gasteiger partial charge in [0.15, 0.2) is 6.10 Å². The number of rotatable bonds is 62. The molecule has 460 valence electrons. The van der Waals surface area contributed by atoms with E-state index in [1.165, 1.54) is 167 Å². The average molecular weight is 1110 g/mol. The Morgan fingerprint density at radius 3 is 0.775 bits per heavy atom. The minimum atomic E-state index is -0.798. The van der Waals surface area contributed by atoms with E-state index in [4.69, 9.17) is 14.2 Å². The van der Waals surface area contributed by atoms with Gasteiger partial charge in [-0.2, -0.15) is 0 Å². The predicted molar refractivity (Wildman–Crippen MR) is 348 cm³/mol. The van der Waals surface area contributed by atoms with Gasteiger partial charge in [0.1, 0.15) is 13.2 Å². The third-order valence-electron chi connectivity index (χ3n) is 14.8. The molecule has 1 unspecified atom stereocenters. The van der Waals surface area contributed by atoms with Gasteiger partial charge in [-0.3, -0.25) is 14.4 Å². The van der Waals surface area contributed by atoms with Crippen molar-refractivity contribution >= 4 is 17.9 Å². The number of hydrogen-bond acceptors (Lipinski definition) is 6. The molecule has 6 nitrogen and oxygen atoms in total. The van der Waals surface area contributed by atoms with Crippen molar-refractivity contribution in [1.29, 1.82) is 0 Å². The minimum absolute atomic E-state index is 0.0905. The number of ether oxygens (including phenoxy) is 3. The van der Waals surface area contributed by atoms with Gasteiger partial charge in [0, 0.05) is 19.3 Å². The van der Waals surface area contributed by atoms with E-state index in [-0.39, 0.29) is 31.1 Å². The molecule has 0 heterocycles. The lowest BCUT2D eigenvalue weighted by Gasteiger charge is -2.18. The number of carbonyl (C=O) groups excluding carboxylic acids is 3. The summed E-state index contributed by atoms with van der Waals surface area (Å²) in [5.41, 5.74) is 0. The van der Waals surface area contributed by atoms with Gasteiger partial charge in [0.05, 0.1) is 0 Å². The maximum Gasteiger partial charge on any atom is 0.306 e. The van der Waals surface area contributed by atoms with Crippen molar-refractivity contribution in [1.82, 2.24) is 0 Å². The molecule has 0 radical (unpaired) electrons. The third kappa shape index (κ3) is 65.1. The highest BCUT2D eigenvalue weighted by molar-refractivity contribution is 5.71. The van der Waals surface area contributed by atoms with Crippen LogP contribution in [0.3, 0.4) is 0 Å². The molecule has 0 amide bonds. The van der Waals surface area contributed by atoms with Gasteiger partial charge in [-0.15, -0.1) is 0 Å². The molecule has 0 saturated heterocycles. The predicted octanol–water partition coefficient (Wildman–Crippen LogP) is 23.6. The number of hydrogen-bond donors (Lipinski definition) is 0. The van der Waals surface area contributed by atoms with Crippen LogP contribution in [-0.2, 0) is 28.6 Å². The third-order valence-corrected chi connectivity index (χ3v) is 14.8. The van der Waals surface area contributed by atoms with Gasteiger partial charge in [-0.25, -0.2) is 0 Å². The summed E-state index contributed by atoms with van der Waals surface area (Å²) in [6, 6.07) is 0. The van der Waals surface area contributed by atoms with Gasteiger partial charge >= 0.3 is 17.9 Å². The van der Waals surface area contributed by atoms with E-state index in [0.717, 1.165) is 128 Å². The normalized spacial score (nSPS) is 12.7. The Kier molecular flexibility index (Phi) is 64.7. The van der Waals surface area contributed by atoms with Crippen molar-refractivity contribution in [2.75, 3.05) is 13.2 Å². The Labute approximate surface area is 496 Å². The van der Waals surface area contributed by atoms with E-state index in [2.05, 4.69) is 118 Å². The van der Waals surface area contributed by atoms with Crippen LogP contribution in [-0.4, -0.2) is 37.2 Å². The van der Waals surface area contributed by atoms with Crippen LogP contribution in [0.25, 0.3) is 0 Å². The number of carbonyl (C=O) groups is 3. The van der Waals surface area contributed by atoms with Crippen molar-refractivity contribution in [3.8, 4) is 0 Å².